The monoisotopic (exact) mass is 336 g/mol. The highest BCUT2D eigenvalue weighted by Gasteiger charge is 2.12. The molecule has 0 aliphatic heterocycles. The maximum atomic E-state index is 12.8. The summed E-state index contributed by atoms with van der Waals surface area (Å²) in [6.07, 6.45) is 0. The van der Waals surface area contributed by atoms with Crippen molar-refractivity contribution in [3.63, 3.8) is 0 Å². The molecule has 1 heterocycles. The normalized spacial score (nSPS) is 11.9. The summed E-state index contributed by atoms with van der Waals surface area (Å²) in [4.78, 5) is 13.6. The van der Waals surface area contributed by atoms with Crippen LogP contribution in [0.5, 0.6) is 0 Å². The van der Waals surface area contributed by atoms with Gasteiger partial charge >= 0.3 is 5.76 Å². The summed E-state index contributed by atoms with van der Waals surface area (Å²) in [5.41, 5.74) is 2.09. The van der Waals surface area contributed by atoms with E-state index in [1.165, 1.54) is 24.3 Å². The molecule has 0 saturated carbocycles. The second-order valence-corrected chi connectivity index (χ2v) is 6.86. The zero-order valence-electron chi connectivity index (χ0n) is 11.9. The Hall–Kier alpha value is -2.45. The van der Waals surface area contributed by atoms with Crippen LogP contribution in [0.2, 0.25) is 0 Å². The molecule has 0 spiro atoms. The minimum absolute atomic E-state index is 0.0761. The van der Waals surface area contributed by atoms with E-state index in [1.54, 1.807) is 18.2 Å². The van der Waals surface area contributed by atoms with Crippen molar-refractivity contribution >= 4 is 21.1 Å². The Labute approximate surface area is 131 Å². The standard InChI is InChI=1S/C15H13FN2O4S/c16-12-4-1-10(2-5-12)9-23(20,21)17-8-11-3-6-14-13(7-11)18-15(19)22-14/h1-7,17H,8-9H2,(H,18,19). The lowest BCUT2D eigenvalue weighted by molar-refractivity contribution is 0.555. The van der Waals surface area contributed by atoms with Crippen LogP contribution in [0.25, 0.3) is 11.1 Å². The summed E-state index contributed by atoms with van der Waals surface area (Å²) < 4.78 is 44.3. The lowest BCUT2D eigenvalue weighted by Gasteiger charge is -2.07. The van der Waals surface area contributed by atoms with Crippen molar-refractivity contribution in [2.75, 3.05) is 0 Å². The molecule has 23 heavy (non-hydrogen) atoms. The summed E-state index contributed by atoms with van der Waals surface area (Å²) >= 11 is 0. The van der Waals surface area contributed by atoms with Gasteiger partial charge in [-0.15, -0.1) is 0 Å². The molecule has 120 valence electrons. The Morgan fingerprint density at radius 3 is 2.52 bits per heavy atom. The average molecular weight is 336 g/mol. The van der Waals surface area contributed by atoms with Gasteiger partial charge in [0.1, 0.15) is 5.82 Å². The number of aromatic nitrogens is 1. The molecular formula is C15H13FN2O4S. The molecule has 0 saturated heterocycles. The number of nitrogens with one attached hydrogen (secondary N) is 2. The number of fused-ring (bicyclic) bond motifs is 1. The maximum Gasteiger partial charge on any atom is 0.417 e. The lowest BCUT2D eigenvalue weighted by atomic mass is 10.2. The van der Waals surface area contributed by atoms with Gasteiger partial charge in [-0.05, 0) is 35.4 Å². The number of benzene rings is 2. The van der Waals surface area contributed by atoms with Gasteiger partial charge in [0.15, 0.2) is 5.58 Å². The molecule has 0 bridgehead atoms. The number of oxazole rings is 1. The highest BCUT2D eigenvalue weighted by Crippen LogP contribution is 2.13. The third kappa shape index (κ3) is 3.85. The van der Waals surface area contributed by atoms with E-state index in [0.29, 0.717) is 22.2 Å². The predicted molar refractivity (Wildman–Crippen MR) is 82.7 cm³/mol. The third-order valence-electron chi connectivity index (χ3n) is 3.25. The van der Waals surface area contributed by atoms with Crippen LogP contribution < -0.4 is 10.5 Å². The zero-order valence-corrected chi connectivity index (χ0v) is 12.7. The molecule has 0 unspecified atom stereocenters. The van der Waals surface area contributed by atoms with Gasteiger partial charge in [-0.3, -0.25) is 4.98 Å². The first-order chi connectivity index (χ1) is 10.9. The molecule has 0 atom stereocenters. The van der Waals surface area contributed by atoms with Crippen LogP contribution in [0.15, 0.2) is 51.7 Å². The van der Waals surface area contributed by atoms with Crippen molar-refractivity contribution < 1.29 is 17.2 Å². The van der Waals surface area contributed by atoms with E-state index < -0.39 is 21.6 Å². The summed E-state index contributed by atoms with van der Waals surface area (Å²) in [5.74, 6) is -1.21. The van der Waals surface area contributed by atoms with Crippen LogP contribution in [0, 0.1) is 5.82 Å². The van der Waals surface area contributed by atoms with Gasteiger partial charge in [0, 0.05) is 6.54 Å². The molecule has 0 amide bonds. The molecule has 8 heteroatoms. The van der Waals surface area contributed by atoms with Crippen molar-refractivity contribution in [2.45, 2.75) is 12.3 Å². The highest BCUT2D eigenvalue weighted by molar-refractivity contribution is 7.88. The predicted octanol–water partition coefficient (Wildman–Crippen LogP) is 1.88. The van der Waals surface area contributed by atoms with E-state index >= 15 is 0 Å². The van der Waals surface area contributed by atoms with E-state index in [9.17, 15) is 17.6 Å². The van der Waals surface area contributed by atoms with E-state index in [2.05, 4.69) is 9.71 Å². The molecule has 6 nitrogen and oxygen atoms in total. The minimum atomic E-state index is -3.56. The summed E-state index contributed by atoms with van der Waals surface area (Å²) in [6, 6.07) is 10.2. The summed E-state index contributed by atoms with van der Waals surface area (Å²) in [7, 11) is -3.56. The number of aromatic amines is 1. The zero-order chi connectivity index (χ0) is 16.4. The number of halogens is 1. The Bertz CT molecular complexity index is 990. The third-order valence-corrected chi connectivity index (χ3v) is 4.55. The second kappa shape index (κ2) is 5.98. The van der Waals surface area contributed by atoms with Crippen molar-refractivity contribution in [1.82, 2.24) is 9.71 Å². The first kappa shape index (κ1) is 15.4. The minimum Gasteiger partial charge on any atom is -0.408 e. The quantitative estimate of drug-likeness (QED) is 0.744. The topological polar surface area (TPSA) is 92.2 Å². The van der Waals surface area contributed by atoms with E-state index in [4.69, 9.17) is 4.42 Å². The Morgan fingerprint density at radius 1 is 1.09 bits per heavy atom. The van der Waals surface area contributed by atoms with Gasteiger partial charge in [-0.2, -0.15) is 0 Å². The molecule has 0 radical (unpaired) electrons. The number of hydrogen-bond acceptors (Lipinski definition) is 4. The number of rotatable bonds is 5. The van der Waals surface area contributed by atoms with Gasteiger partial charge in [-0.25, -0.2) is 22.3 Å². The average Bonchev–Trinajstić information content (AvgIpc) is 2.87. The molecule has 2 aromatic carbocycles. The molecule has 3 aromatic rings. The van der Waals surface area contributed by atoms with Crippen molar-refractivity contribution in [3.05, 3.63) is 70.0 Å². The number of hydrogen-bond donors (Lipinski definition) is 2. The fourth-order valence-corrected chi connectivity index (χ4v) is 3.27. The first-order valence-corrected chi connectivity index (χ1v) is 8.40. The van der Waals surface area contributed by atoms with Crippen LogP contribution in [-0.2, 0) is 22.3 Å². The van der Waals surface area contributed by atoms with Crippen LogP contribution in [0.3, 0.4) is 0 Å². The van der Waals surface area contributed by atoms with Crippen molar-refractivity contribution in [3.8, 4) is 0 Å². The van der Waals surface area contributed by atoms with Crippen molar-refractivity contribution in [1.29, 1.82) is 0 Å². The van der Waals surface area contributed by atoms with Crippen LogP contribution >= 0.6 is 0 Å². The maximum absolute atomic E-state index is 12.8. The smallest absolute Gasteiger partial charge is 0.408 e. The van der Waals surface area contributed by atoms with Gasteiger partial charge < -0.3 is 4.42 Å². The molecule has 0 fully saturated rings. The summed E-state index contributed by atoms with van der Waals surface area (Å²) in [5, 5.41) is 0. The van der Waals surface area contributed by atoms with E-state index in [-0.39, 0.29) is 12.3 Å². The number of H-pyrrole nitrogens is 1. The van der Waals surface area contributed by atoms with Gasteiger partial charge in [0.25, 0.3) is 0 Å². The Kier molecular flexibility index (Phi) is 4.01. The van der Waals surface area contributed by atoms with Gasteiger partial charge in [-0.1, -0.05) is 18.2 Å². The first-order valence-electron chi connectivity index (χ1n) is 6.75. The van der Waals surface area contributed by atoms with Crippen LogP contribution in [0.1, 0.15) is 11.1 Å². The Morgan fingerprint density at radius 2 is 1.78 bits per heavy atom. The largest absolute Gasteiger partial charge is 0.417 e. The SMILES string of the molecule is O=c1[nH]c2cc(CNS(=O)(=O)Cc3ccc(F)cc3)ccc2o1. The van der Waals surface area contributed by atoms with E-state index in [1.807, 2.05) is 0 Å². The molecule has 0 aliphatic rings. The lowest BCUT2D eigenvalue weighted by Crippen LogP contribution is -2.24. The Balaban J connectivity index is 1.69. The second-order valence-electron chi connectivity index (χ2n) is 5.05. The molecule has 3 rings (SSSR count). The number of sulfonamides is 1. The molecular weight excluding hydrogens is 323 g/mol. The fourth-order valence-electron chi connectivity index (χ4n) is 2.15. The van der Waals surface area contributed by atoms with Crippen molar-refractivity contribution in [2.24, 2.45) is 0 Å². The fraction of sp³-hybridized carbons (Fsp3) is 0.133. The van der Waals surface area contributed by atoms with Gasteiger partial charge in [0.05, 0.1) is 11.3 Å². The summed E-state index contributed by atoms with van der Waals surface area (Å²) in [6.45, 7) is 0.0761. The van der Waals surface area contributed by atoms with E-state index in [0.717, 1.165) is 0 Å². The highest BCUT2D eigenvalue weighted by atomic mass is 32.2. The molecule has 1 aromatic heterocycles. The van der Waals surface area contributed by atoms with Crippen LogP contribution in [0.4, 0.5) is 4.39 Å². The molecule has 0 aliphatic carbocycles. The molecule has 2 N–H and O–H groups in total. The van der Waals surface area contributed by atoms with Gasteiger partial charge in [0.2, 0.25) is 10.0 Å². The van der Waals surface area contributed by atoms with Crippen LogP contribution in [-0.4, -0.2) is 13.4 Å².